The molecule has 0 aliphatic carbocycles. The van der Waals surface area contributed by atoms with E-state index in [1.54, 1.807) is 6.07 Å². The standard InChI is InChI=1S/C12H16FNOS/c1-14(9-5-6-16-8-9)12-4-2-3-11(13)10(12)7-15/h2-4,9,15H,5-8H2,1H3. The van der Waals surface area contributed by atoms with Gasteiger partial charge in [0.2, 0.25) is 0 Å². The maximum absolute atomic E-state index is 13.5. The zero-order valence-electron chi connectivity index (χ0n) is 9.32. The first-order valence-corrected chi connectivity index (χ1v) is 6.58. The van der Waals surface area contributed by atoms with E-state index >= 15 is 0 Å². The quantitative estimate of drug-likeness (QED) is 0.878. The van der Waals surface area contributed by atoms with Gasteiger partial charge in [-0.05, 0) is 24.3 Å². The summed E-state index contributed by atoms with van der Waals surface area (Å²) < 4.78 is 13.5. The number of aliphatic hydroxyl groups excluding tert-OH is 1. The summed E-state index contributed by atoms with van der Waals surface area (Å²) in [5.41, 5.74) is 1.22. The molecular formula is C12H16FNOS. The number of nitrogens with zero attached hydrogens (tertiary/aromatic N) is 1. The molecule has 4 heteroatoms. The monoisotopic (exact) mass is 241 g/mol. The molecule has 16 heavy (non-hydrogen) atoms. The van der Waals surface area contributed by atoms with Crippen molar-refractivity contribution in [3.8, 4) is 0 Å². The van der Waals surface area contributed by atoms with Gasteiger partial charge in [-0.3, -0.25) is 0 Å². The molecule has 1 aromatic carbocycles. The van der Waals surface area contributed by atoms with E-state index in [1.165, 1.54) is 11.8 Å². The maximum atomic E-state index is 13.5. The molecule has 1 heterocycles. The zero-order valence-corrected chi connectivity index (χ0v) is 10.1. The lowest BCUT2D eigenvalue weighted by Gasteiger charge is -2.28. The van der Waals surface area contributed by atoms with Gasteiger partial charge >= 0.3 is 0 Å². The van der Waals surface area contributed by atoms with Crippen molar-refractivity contribution in [2.24, 2.45) is 0 Å². The van der Waals surface area contributed by atoms with Gasteiger partial charge in [-0.2, -0.15) is 11.8 Å². The second-order valence-corrected chi connectivity index (χ2v) is 5.17. The third kappa shape index (κ3) is 2.18. The van der Waals surface area contributed by atoms with Crippen LogP contribution in [0, 0.1) is 5.82 Å². The van der Waals surface area contributed by atoms with Gasteiger partial charge in [0, 0.05) is 30.1 Å². The molecule has 0 radical (unpaired) electrons. The molecule has 1 aliphatic rings. The number of rotatable bonds is 3. The van der Waals surface area contributed by atoms with Crippen LogP contribution in [-0.2, 0) is 6.61 Å². The van der Waals surface area contributed by atoms with Crippen molar-refractivity contribution >= 4 is 17.4 Å². The van der Waals surface area contributed by atoms with E-state index in [4.69, 9.17) is 0 Å². The molecule has 1 aromatic rings. The Hall–Kier alpha value is -0.740. The third-order valence-electron chi connectivity index (χ3n) is 3.09. The largest absolute Gasteiger partial charge is 0.391 e. The summed E-state index contributed by atoms with van der Waals surface area (Å²) >= 11 is 1.92. The van der Waals surface area contributed by atoms with Crippen LogP contribution in [-0.4, -0.2) is 29.7 Å². The van der Waals surface area contributed by atoms with Crippen LogP contribution in [0.4, 0.5) is 10.1 Å². The Bertz CT molecular complexity index is 366. The molecule has 0 saturated carbocycles. The van der Waals surface area contributed by atoms with Gasteiger partial charge in [-0.15, -0.1) is 0 Å². The average Bonchev–Trinajstić information content (AvgIpc) is 2.81. The van der Waals surface area contributed by atoms with Crippen LogP contribution in [0.15, 0.2) is 18.2 Å². The van der Waals surface area contributed by atoms with Crippen LogP contribution in [0.25, 0.3) is 0 Å². The molecule has 1 fully saturated rings. The minimum Gasteiger partial charge on any atom is -0.391 e. The number of hydrogen-bond donors (Lipinski definition) is 1. The molecule has 0 bridgehead atoms. The molecule has 2 nitrogen and oxygen atoms in total. The van der Waals surface area contributed by atoms with Crippen molar-refractivity contribution < 1.29 is 9.50 Å². The van der Waals surface area contributed by atoms with Crippen molar-refractivity contribution in [3.05, 3.63) is 29.6 Å². The summed E-state index contributed by atoms with van der Waals surface area (Å²) in [6.45, 7) is -0.244. The molecule has 1 N–H and O–H groups in total. The molecule has 1 atom stereocenters. The summed E-state index contributed by atoms with van der Waals surface area (Å²) in [6, 6.07) is 5.42. The minimum atomic E-state index is -0.322. The Balaban J connectivity index is 2.27. The smallest absolute Gasteiger partial charge is 0.130 e. The van der Waals surface area contributed by atoms with Crippen molar-refractivity contribution in [2.45, 2.75) is 19.1 Å². The predicted molar refractivity (Wildman–Crippen MR) is 66.5 cm³/mol. The molecule has 1 saturated heterocycles. The number of anilines is 1. The third-order valence-corrected chi connectivity index (χ3v) is 4.23. The van der Waals surface area contributed by atoms with Gasteiger partial charge in [-0.1, -0.05) is 6.07 Å². The second kappa shape index (κ2) is 5.06. The molecule has 1 aliphatic heterocycles. The number of hydrogen-bond acceptors (Lipinski definition) is 3. The van der Waals surface area contributed by atoms with Crippen LogP contribution < -0.4 is 4.90 Å². The molecular weight excluding hydrogens is 225 g/mol. The van der Waals surface area contributed by atoms with Crippen LogP contribution in [0.1, 0.15) is 12.0 Å². The summed E-state index contributed by atoms with van der Waals surface area (Å²) in [5.74, 6) is 1.92. The number of thioether (sulfide) groups is 1. The first-order chi connectivity index (χ1) is 7.74. The van der Waals surface area contributed by atoms with E-state index in [1.807, 2.05) is 24.9 Å². The zero-order chi connectivity index (χ0) is 11.5. The highest BCUT2D eigenvalue weighted by Gasteiger charge is 2.22. The van der Waals surface area contributed by atoms with Gasteiger partial charge in [0.05, 0.1) is 6.61 Å². The van der Waals surface area contributed by atoms with Gasteiger partial charge < -0.3 is 10.0 Å². The van der Waals surface area contributed by atoms with Gasteiger partial charge in [-0.25, -0.2) is 4.39 Å². The summed E-state index contributed by atoms with van der Waals surface area (Å²) in [6.07, 6.45) is 1.13. The highest BCUT2D eigenvalue weighted by atomic mass is 32.2. The molecule has 0 aromatic heterocycles. The molecule has 2 rings (SSSR count). The number of benzene rings is 1. The van der Waals surface area contributed by atoms with Crippen molar-refractivity contribution in [2.75, 3.05) is 23.5 Å². The van der Waals surface area contributed by atoms with E-state index in [0.29, 0.717) is 11.6 Å². The van der Waals surface area contributed by atoms with Crippen LogP contribution in [0.2, 0.25) is 0 Å². The predicted octanol–water partition coefficient (Wildman–Crippen LogP) is 2.26. The summed E-state index contributed by atoms with van der Waals surface area (Å²) in [4.78, 5) is 2.09. The molecule has 0 amide bonds. The normalized spacial score (nSPS) is 20.1. The Morgan fingerprint density at radius 2 is 2.38 bits per heavy atom. The Kier molecular flexibility index (Phi) is 3.71. The first-order valence-electron chi connectivity index (χ1n) is 5.43. The van der Waals surface area contributed by atoms with E-state index in [9.17, 15) is 9.50 Å². The van der Waals surface area contributed by atoms with E-state index in [-0.39, 0.29) is 12.4 Å². The van der Waals surface area contributed by atoms with Gasteiger partial charge in [0.15, 0.2) is 0 Å². The lowest BCUT2D eigenvalue weighted by atomic mass is 10.1. The Morgan fingerprint density at radius 3 is 3.00 bits per heavy atom. The number of halogens is 1. The average molecular weight is 241 g/mol. The van der Waals surface area contributed by atoms with Crippen molar-refractivity contribution in [1.82, 2.24) is 0 Å². The lowest BCUT2D eigenvalue weighted by Crippen LogP contribution is -2.32. The highest BCUT2D eigenvalue weighted by Crippen LogP contribution is 2.29. The van der Waals surface area contributed by atoms with E-state index < -0.39 is 0 Å². The second-order valence-electron chi connectivity index (χ2n) is 4.02. The number of aliphatic hydroxyl groups is 1. The van der Waals surface area contributed by atoms with Crippen LogP contribution in [0.3, 0.4) is 0 Å². The van der Waals surface area contributed by atoms with E-state index in [0.717, 1.165) is 17.9 Å². The molecule has 0 spiro atoms. The topological polar surface area (TPSA) is 23.5 Å². The lowest BCUT2D eigenvalue weighted by molar-refractivity contribution is 0.276. The first kappa shape index (κ1) is 11.7. The van der Waals surface area contributed by atoms with Crippen LogP contribution >= 0.6 is 11.8 Å². The SMILES string of the molecule is CN(c1cccc(F)c1CO)C1CCSC1. The fourth-order valence-electron chi connectivity index (χ4n) is 2.06. The molecule has 88 valence electrons. The summed E-state index contributed by atoms with van der Waals surface area (Å²) in [7, 11) is 1.98. The Morgan fingerprint density at radius 1 is 1.56 bits per heavy atom. The van der Waals surface area contributed by atoms with Crippen LogP contribution in [0.5, 0.6) is 0 Å². The minimum absolute atomic E-state index is 0.244. The van der Waals surface area contributed by atoms with Gasteiger partial charge in [0.25, 0.3) is 0 Å². The van der Waals surface area contributed by atoms with Crippen molar-refractivity contribution in [3.63, 3.8) is 0 Å². The van der Waals surface area contributed by atoms with E-state index in [2.05, 4.69) is 4.90 Å². The molecule has 1 unspecified atom stereocenters. The fourth-order valence-corrected chi connectivity index (χ4v) is 3.33. The van der Waals surface area contributed by atoms with Gasteiger partial charge in [0.1, 0.15) is 5.82 Å². The Labute approximate surface area is 99.5 Å². The summed E-state index contributed by atoms with van der Waals surface area (Å²) in [5, 5.41) is 9.22. The highest BCUT2D eigenvalue weighted by molar-refractivity contribution is 7.99. The van der Waals surface area contributed by atoms with Crippen molar-refractivity contribution in [1.29, 1.82) is 0 Å². The fraction of sp³-hybridized carbons (Fsp3) is 0.500. The maximum Gasteiger partial charge on any atom is 0.130 e.